The zero-order chi connectivity index (χ0) is 18.9. The molecule has 0 aliphatic rings. The molecule has 0 aromatic heterocycles. The lowest BCUT2D eigenvalue weighted by Gasteiger charge is -2.14. The molecule has 0 radical (unpaired) electrons. The van der Waals surface area contributed by atoms with Gasteiger partial charge in [0.05, 0.1) is 11.6 Å². The van der Waals surface area contributed by atoms with Crippen molar-refractivity contribution in [2.24, 2.45) is 0 Å². The number of carbonyl (C=O) groups is 2. The molecule has 1 atom stereocenters. The monoisotopic (exact) mass is 352 g/mol. The molecule has 0 unspecified atom stereocenters. The molecule has 1 N–H and O–H groups in total. The number of ether oxygens (including phenoxy) is 2. The summed E-state index contributed by atoms with van der Waals surface area (Å²) in [6.07, 6.45) is -0.868. The van der Waals surface area contributed by atoms with Crippen molar-refractivity contribution >= 4 is 11.9 Å². The molecule has 2 aromatic rings. The molecule has 134 valence electrons. The number of hydrogen-bond donors (Lipinski definition) is 1. The first-order chi connectivity index (χ1) is 12.5. The van der Waals surface area contributed by atoms with Crippen LogP contribution < -0.4 is 10.1 Å². The zero-order valence-electron chi connectivity index (χ0n) is 14.7. The molecule has 6 heteroatoms. The largest absolute Gasteiger partial charge is 0.479 e. The lowest BCUT2D eigenvalue weighted by Crippen LogP contribution is -2.32. The second-order valence-electron chi connectivity index (χ2n) is 5.71. The van der Waals surface area contributed by atoms with Gasteiger partial charge in [0.2, 0.25) is 0 Å². The number of nitrogens with one attached hydrogen (secondary N) is 1. The number of benzene rings is 2. The number of esters is 1. The number of aryl methyl sites for hydroxylation is 1. The van der Waals surface area contributed by atoms with Gasteiger partial charge >= 0.3 is 5.97 Å². The number of carbonyl (C=O) groups excluding carboxylic acids is 2. The minimum Gasteiger partial charge on any atom is -0.479 e. The van der Waals surface area contributed by atoms with Crippen LogP contribution in [0.25, 0.3) is 0 Å². The summed E-state index contributed by atoms with van der Waals surface area (Å²) in [6, 6.07) is 16.1. The highest BCUT2D eigenvalue weighted by Gasteiger charge is 2.17. The third kappa shape index (κ3) is 5.64. The number of hydrogen-bond acceptors (Lipinski definition) is 5. The van der Waals surface area contributed by atoms with E-state index >= 15 is 0 Å². The highest BCUT2D eigenvalue weighted by atomic mass is 16.6. The fraction of sp³-hybridized carbons (Fsp3) is 0.250. The van der Waals surface area contributed by atoms with Crippen molar-refractivity contribution in [2.75, 3.05) is 6.61 Å². The molecule has 0 saturated heterocycles. The molecule has 0 aliphatic carbocycles. The van der Waals surface area contributed by atoms with Gasteiger partial charge in [-0.1, -0.05) is 24.3 Å². The van der Waals surface area contributed by atoms with Gasteiger partial charge in [-0.25, -0.2) is 4.79 Å². The van der Waals surface area contributed by atoms with Crippen molar-refractivity contribution in [3.63, 3.8) is 0 Å². The van der Waals surface area contributed by atoms with Crippen LogP contribution in [0.5, 0.6) is 5.75 Å². The van der Waals surface area contributed by atoms with Crippen molar-refractivity contribution < 1.29 is 19.1 Å². The average Bonchev–Trinajstić information content (AvgIpc) is 2.66. The van der Waals surface area contributed by atoms with E-state index in [-0.39, 0.29) is 12.5 Å². The summed E-state index contributed by atoms with van der Waals surface area (Å²) in [7, 11) is 0. The first-order valence-electron chi connectivity index (χ1n) is 8.14. The fourth-order valence-corrected chi connectivity index (χ4v) is 2.17. The maximum Gasteiger partial charge on any atom is 0.347 e. The average molecular weight is 352 g/mol. The van der Waals surface area contributed by atoms with Gasteiger partial charge in [-0.05, 0) is 49.2 Å². The predicted molar refractivity (Wildman–Crippen MR) is 95.2 cm³/mol. The van der Waals surface area contributed by atoms with Crippen LogP contribution in [-0.4, -0.2) is 24.6 Å². The predicted octanol–water partition coefficient (Wildman–Crippen LogP) is 2.49. The van der Waals surface area contributed by atoms with E-state index in [1.54, 1.807) is 24.3 Å². The summed E-state index contributed by atoms with van der Waals surface area (Å²) >= 11 is 0. The van der Waals surface area contributed by atoms with Gasteiger partial charge in [-0.2, -0.15) is 5.26 Å². The van der Waals surface area contributed by atoms with Gasteiger partial charge < -0.3 is 14.8 Å². The Kier molecular flexibility index (Phi) is 6.75. The van der Waals surface area contributed by atoms with Gasteiger partial charge in [-0.3, -0.25) is 4.79 Å². The van der Waals surface area contributed by atoms with Crippen LogP contribution in [-0.2, 0) is 20.9 Å². The standard InChI is InChI=1S/C20H20N2O4/c1-14-5-3-4-6-17(14)12-22-19(23)13-25-20(24)15(2)26-18-9-7-16(11-21)8-10-18/h3-10,15H,12-13H2,1-2H3,(H,22,23)/t15-/m0/s1. The minimum absolute atomic E-state index is 0.369. The Morgan fingerprint density at radius 1 is 1.15 bits per heavy atom. The molecule has 0 saturated carbocycles. The summed E-state index contributed by atoms with van der Waals surface area (Å²) in [5, 5.41) is 11.5. The van der Waals surface area contributed by atoms with Crippen molar-refractivity contribution in [1.29, 1.82) is 5.26 Å². The topological polar surface area (TPSA) is 88.4 Å². The van der Waals surface area contributed by atoms with E-state index in [0.29, 0.717) is 17.9 Å². The highest BCUT2D eigenvalue weighted by Crippen LogP contribution is 2.14. The second kappa shape index (κ2) is 9.23. The van der Waals surface area contributed by atoms with Crippen LogP contribution in [0, 0.1) is 18.3 Å². The van der Waals surface area contributed by atoms with E-state index in [9.17, 15) is 9.59 Å². The maximum atomic E-state index is 11.9. The van der Waals surface area contributed by atoms with Crippen molar-refractivity contribution in [1.82, 2.24) is 5.32 Å². The van der Waals surface area contributed by atoms with Gasteiger partial charge in [0.15, 0.2) is 12.7 Å². The Balaban J connectivity index is 1.75. The molecular weight excluding hydrogens is 332 g/mol. The van der Waals surface area contributed by atoms with Crippen molar-refractivity contribution in [2.45, 2.75) is 26.5 Å². The molecular formula is C20H20N2O4. The third-order valence-electron chi connectivity index (χ3n) is 3.71. The van der Waals surface area contributed by atoms with E-state index in [2.05, 4.69) is 5.32 Å². The summed E-state index contributed by atoms with van der Waals surface area (Å²) in [6.45, 7) is 3.50. The van der Waals surface area contributed by atoms with Gasteiger partial charge in [0.25, 0.3) is 5.91 Å². The zero-order valence-corrected chi connectivity index (χ0v) is 14.7. The first-order valence-corrected chi connectivity index (χ1v) is 8.14. The first kappa shape index (κ1) is 19.0. The Labute approximate surface area is 152 Å². The molecule has 2 rings (SSSR count). The molecule has 0 aliphatic heterocycles. The lowest BCUT2D eigenvalue weighted by atomic mass is 10.1. The van der Waals surface area contributed by atoms with Crippen LogP contribution in [0.3, 0.4) is 0 Å². The Hall–Kier alpha value is -3.33. The van der Waals surface area contributed by atoms with Gasteiger partial charge in [-0.15, -0.1) is 0 Å². The summed E-state index contributed by atoms with van der Waals surface area (Å²) in [5.74, 6) is -0.579. The normalized spacial score (nSPS) is 11.1. The summed E-state index contributed by atoms with van der Waals surface area (Å²) in [4.78, 5) is 23.7. The molecule has 0 spiro atoms. The second-order valence-corrected chi connectivity index (χ2v) is 5.71. The molecule has 0 heterocycles. The smallest absolute Gasteiger partial charge is 0.347 e. The third-order valence-corrected chi connectivity index (χ3v) is 3.71. The molecule has 0 bridgehead atoms. The SMILES string of the molecule is Cc1ccccc1CNC(=O)COC(=O)[C@H](C)Oc1ccc(C#N)cc1. The van der Waals surface area contributed by atoms with E-state index in [1.165, 1.54) is 6.92 Å². The molecule has 1 amide bonds. The van der Waals surface area contributed by atoms with Crippen molar-refractivity contribution in [3.05, 3.63) is 65.2 Å². The summed E-state index contributed by atoms with van der Waals surface area (Å²) in [5.41, 5.74) is 2.58. The molecule has 0 fully saturated rings. The van der Waals surface area contributed by atoms with E-state index in [0.717, 1.165) is 11.1 Å². The van der Waals surface area contributed by atoms with Crippen LogP contribution >= 0.6 is 0 Å². The Morgan fingerprint density at radius 2 is 1.85 bits per heavy atom. The van der Waals surface area contributed by atoms with Crippen LogP contribution in [0.4, 0.5) is 0 Å². The quantitative estimate of drug-likeness (QED) is 0.774. The van der Waals surface area contributed by atoms with Crippen molar-refractivity contribution in [3.8, 4) is 11.8 Å². The van der Waals surface area contributed by atoms with E-state index in [1.807, 2.05) is 37.3 Å². The minimum atomic E-state index is -0.868. The molecule has 6 nitrogen and oxygen atoms in total. The summed E-state index contributed by atoms with van der Waals surface area (Å²) < 4.78 is 10.4. The van der Waals surface area contributed by atoms with Crippen LogP contribution in [0.15, 0.2) is 48.5 Å². The van der Waals surface area contributed by atoms with Gasteiger partial charge in [0, 0.05) is 6.54 Å². The maximum absolute atomic E-state index is 11.9. The number of amides is 1. The number of rotatable bonds is 7. The van der Waals surface area contributed by atoms with Crippen LogP contribution in [0.2, 0.25) is 0 Å². The highest BCUT2D eigenvalue weighted by molar-refractivity contribution is 5.82. The lowest BCUT2D eigenvalue weighted by molar-refractivity contribution is -0.154. The van der Waals surface area contributed by atoms with Crippen LogP contribution in [0.1, 0.15) is 23.6 Å². The Morgan fingerprint density at radius 3 is 2.50 bits per heavy atom. The molecule has 2 aromatic carbocycles. The number of nitrogens with zero attached hydrogens (tertiary/aromatic N) is 1. The van der Waals surface area contributed by atoms with E-state index in [4.69, 9.17) is 14.7 Å². The number of nitriles is 1. The Bertz CT molecular complexity index is 809. The van der Waals surface area contributed by atoms with E-state index < -0.39 is 12.1 Å². The van der Waals surface area contributed by atoms with Gasteiger partial charge in [0.1, 0.15) is 5.75 Å². The molecule has 26 heavy (non-hydrogen) atoms. The fourth-order valence-electron chi connectivity index (χ4n) is 2.17.